The molecule has 1 aromatic heterocycles. The summed E-state index contributed by atoms with van der Waals surface area (Å²) in [4.78, 5) is 14.0. The number of nitrogens with one attached hydrogen (secondary N) is 1. The Kier molecular flexibility index (Phi) is 6.86. The average molecular weight is 488 g/mol. The number of aromatic nitrogens is 2. The van der Waals surface area contributed by atoms with Gasteiger partial charge in [0, 0.05) is 5.56 Å². The Morgan fingerprint density at radius 3 is 2.14 bits per heavy atom. The molecule has 0 saturated heterocycles. The Morgan fingerprint density at radius 2 is 1.49 bits per heavy atom. The van der Waals surface area contributed by atoms with Crippen molar-refractivity contribution in [3.05, 3.63) is 137 Å². The highest BCUT2D eigenvalue weighted by Gasteiger charge is 2.23. The predicted octanol–water partition coefficient (Wildman–Crippen LogP) is 6.68. The van der Waals surface area contributed by atoms with Crippen LogP contribution in [0.15, 0.2) is 109 Å². The summed E-state index contributed by atoms with van der Waals surface area (Å²) in [7, 11) is 1.64. The van der Waals surface area contributed by atoms with Gasteiger partial charge in [0.2, 0.25) is 0 Å². The van der Waals surface area contributed by atoms with E-state index in [2.05, 4.69) is 23.5 Å². The quantitative estimate of drug-likeness (QED) is 0.278. The number of benzene rings is 4. The lowest BCUT2D eigenvalue weighted by molar-refractivity contribution is 0.0935. The van der Waals surface area contributed by atoms with E-state index in [1.165, 1.54) is 0 Å². The number of carbonyl (C=O) groups is 1. The molecule has 1 heterocycles. The highest BCUT2D eigenvalue weighted by atomic mass is 16.5. The molecule has 184 valence electrons. The first-order chi connectivity index (χ1) is 18.0. The van der Waals surface area contributed by atoms with Gasteiger partial charge in [-0.1, -0.05) is 84.9 Å². The van der Waals surface area contributed by atoms with Crippen LogP contribution >= 0.6 is 0 Å². The summed E-state index contributed by atoms with van der Waals surface area (Å²) < 4.78 is 7.17. The molecule has 0 atom stereocenters. The van der Waals surface area contributed by atoms with Gasteiger partial charge in [0.25, 0.3) is 5.91 Å². The molecule has 0 saturated carbocycles. The smallest absolute Gasteiger partial charge is 0.270 e. The highest BCUT2D eigenvalue weighted by Crippen LogP contribution is 2.28. The van der Waals surface area contributed by atoms with Gasteiger partial charge in [0.1, 0.15) is 11.4 Å². The molecule has 37 heavy (non-hydrogen) atoms. The number of hydrogen-bond donors (Lipinski definition) is 1. The monoisotopic (exact) mass is 487 g/mol. The molecule has 0 aliphatic rings. The molecule has 0 unspecified atom stereocenters. The van der Waals surface area contributed by atoms with Crippen LogP contribution in [0.4, 0.5) is 0 Å². The fourth-order valence-corrected chi connectivity index (χ4v) is 4.45. The molecule has 4 aromatic carbocycles. The summed E-state index contributed by atoms with van der Waals surface area (Å²) >= 11 is 0. The normalized spacial score (nSPS) is 10.9. The van der Waals surface area contributed by atoms with Crippen LogP contribution in [0.25, 0.3) is 16.9 Å². The van der Waals surface area contributed by atoms with E-state index in [9.17, 15) is 4.79 Å². The van der Waals surface area contributed by atoms with Crippen molar-refractivity contribution in [3.63, 3.8) is 0 Å². The van der Waals surface area contributed by atoms with E-state index < -0.39 is 0 Å². The van der Waals surface area contributed by atoms with Crippen LogP contribution in [0.3, 0.4) is 0 Å². The van der Waals surface area contributed by atoms with Crippen molar-refractivity contribution in [2.75, 3.05) is 7.11 Å². The van der Waals surface area contributed by atoms with Gasteiger partial charge in [0.05, 0.1) is 24.5 Å². The Morgan fingerprint density at radius 1 is 0.811 bits per heavy atom. The summed E-state index contributed by atoms with van der Waals surface area (Å²) in [5.41, 5.74) is 7.04. The van der Waals surface area contributed by atoms with Crippen molar-refractivity contribution < 1.29 is 9.53 Å². The van der Waals surface area contributed by atoms with Crippen molar-refractivity contribution in [2.45, 2.75) is 19.9 Å². The Balaban J connectivity index is 1.61. The third kappa shape index (κ3) is 5.16. The maximum Gasteiger partial charge on any atom is 0.270 e. The van der Waals surface area contributed by atoms with Crippen molar-refractivity contribution in [1.29, 1.82) is 0 Å². The number of carbonyl (C=O) groups excluding carboxylic acids is 1. The Hall–Kier alpha value is -4.64. The molecule has 0 aliphatic heterocycles. The fraction of sp³-hybridized carbons (Fsp3) is 0.125. The SMILES string of the molecule is COc1cccc(-c2cc(C(=O)NC(c3ccccc3)c3ccccc3)n(-c3cc(C)ccc3C)n2)c1. The first-order valence-electron chi connectivity index (χ1n) is 12.3. The molecular weight excluding hydrogens is 458 g/mol. The van der Waals surface area contributed by atoms with Gasteiger partial charge in [-0.3, -0.25) is 4.79 Å². The summed E-state index contributed by atoms with van der Waals surface area (Å²) in [6.07, 6.45) is 0. The summed E-state index contributed by atoms with van der Waals surface area (Å²) in [5.74, 6) is 0.526. The number of aryl methyl sites for hydroxylation is 2. The van der Waals surface area contributed by atoms with Crippen molar-refractivity contribution >= 4 is 5.91 Å². The molecule has 0 spiro atoms. The maximum atomic E-state index is 14.0. The molecule has 1 N–H and O–H groups in total. The molecule has 5 heteroatoms. The third-order valence-electron chi connectivity index (χ3n) is 6.44. The second-order valence-corrected chi connectivity index (χ2v) is 9.08. The van der Waals surface area contributed by atoms with Gasteiger partial charge in [-0.05, 0) is 60.4 Å². The van der Waals surface area contributed by atoms with Crippen LogP contribution in [-0.2, 0) is 0 Å². The number of rotatable bonds is 7. The molecule has 5 rings (SSSR count). The van der Waals surface area contributed by atoms with Crippen LogP contribution < -0.4 is 10.1 Å². The van der Waals surface area contributed by atoms with E-state index in [1.807, 2.05) is 105 Å². The Bertz CT molecular complexity index is 1490. The minimum atomic E-state index is -0.308. The molecule has 0 aliphatic carbocycles. The van der Waals surface area contributed by atoms with Gasteiger partial charge in [-0.25, -0.2) is 4.68 Å². The lowest BCUT2D eigenvalue weighted by Gasteiger charge is -2.20. The van der Waals surface area contributed by atoms with Crippen molar-refractivity contribution in [2.24, 2.45) is 0 Å². The zero-order valence-electron chi connectivity index (χ0n) is 21.2. The number of nitrogens with zero attached hydrogens (tertiary/aromatic N) is 2. The summed E-state index contributed by atoms with van der Waals surface area (Å²) in [6, 6.07) is 35.4. The molecule has 0 fully saturated rings. The molecule has 5 aromatic rings. The standard InChI is InChI=1S/C32H29N3O2/c1-22-17-18-23(2)29(19-22)35-30(21-28(34-35)26-15-10-16-27(20-26)37-3)32(36)33-31(24-11-6-4-7-12-24)25-13-8-5-9-14-25/h4-21,31H,1-3H3,(H,33,36). The van der Waals surface area contributed by atoms with E-state index in [1.54, 1.807) is 11.8 Å². The maximum absolute atomic E-state index is 14.0. The van der Waals surface area contributed by atoms with Crippen LogP contribution in [0.1, 0.15) is 38.8 Å². The van der Waals surface area contributed by atoms with E-state index in [0.717, 1.165) is 39.3 Å². The zero-order valence-corrected chi connectivity index (χ0v) is 21.2. The second-order valence-electron chi connectivity index (χ2n) is 9.08. The van der Waals surface area contributed by atoms with E-state index in [4.69, 9.17) is 9.84 Å². The fourth-order valence-electron chi connectivity index (χ4n) is 4.45. The number of ether oxygens (including phenoxy) is 1. The molecular formula is C32H29N3O2. The highest BCUT2D eigenvalue weighted by molar-refractivity contribution is 5.95. The van der Waals surface area contributed by atoms with Crippen LogP contribution in [0, 0.1) is 13.8 Å². The van der Waals surface area contributed by atoms with Crippen LogP contribution in [0.2, 0.25) is 0 Å². The molecule has 0 radical (unpaired) electrons. The van der Waals surface area contributed by atoms with Gasteiger partial charge in [0.15, 0.2) is 0 Å². The largest absolute Gasteiger partial charge is 0.497 e. The van der Waals surface area contributed by atoms with Crippen LogP contribution in [0.5, 0.6) is 5.75 Å². The zero-order chi connectivity index (χ0) is 25.8. The summed E-state index contributed by atoms with van der Waals surface area (Å²) in [5, 5.41) is 8.18. The van der Waals surface area contributed by atoms with Crippen molar-refractivity contribution in [3.8, 4) is 22.7 Å². The first kappa shape index (κ1) is 24.1. The third-order valence-corrected chi connectivity index (χ3v) is 6.44. The molecule has 0 bridgehead atoms. The van der Waals surface area contributed by atoms with Gasteiger partial charge in [-0.2, -0.15) is 5.10 Å². The minimum Gasteiger partial charge on any atom is -0.497 e. The predicted molar refractivity (Wildman–Crippen MR) is 147 cm³/mol. The molecule has 5 nitrogen and oxygen atoms in total. The number of hydrogen-bond acceptors (Lipinski definition) is 3. The lowest BCUT2D eigenvalue weighted by Crippen LogP contribution is -2.31. The van der Waals surface area contributed by atoms with Gasteiger partial charge < -0.3 is 10.1 Å². The topological polar surface area (TPSA) is 56.1 Å². The molecule has 1 amide bonds. The van der Waals surface area contributed by atoms with Crippen molar-refractivity contribution in [1.82, 2.24) is 15.1 Å². The van der Waals surface area contributed by atoms with E-state index in [-0.39, 0.29) is 11.9 Å². The second kappa shape index (κ2) is 10.5. The van der Waals surface area contributed by atoms with Crippen LogP contribution in [-0.4, -0.2) is 22.8 Å². The number of amides is 1. The first-order valence-corrected chi connectivity index (χ1v) is 12.3. The number of methoxy groups -OCH3 is 1. The summed E-state index contributed by atoms with van der Waals surface area (Å²) in [6.45, 7) is 4.07. The van der Waals surface area contributed by atoms with Gasteiger partial charge in [-0.15, -0.1) is 0 Å². The van der Waals surface area contributed by atoms with E-state index >= 15 is 0 Å². The minimum absolute atomic E-state index is 0.208. The van der Waals surface area contributed by atoms with E-state index in [0.29, 0.717) is 11.4 Å². The lowest BCUT2D eigenvalue weighted by atomic mass is 9.98. The Labute approximate surface area is 217 Å². The van der Waals surface area contributed by atoms with Gasteiger partial charge >= 0.3 is 0 Å². The average Bonchev–Trinajstić information content (AvgIpc) is 3.39.